The highest BCUT2D eigenvalue weighted by Crippen LogP contribution is 2.14. The van der Waals surface area contributed by atoms with Gasteiger partial charge in [-0.05, 0) is 29.8 Å². The molecule has 7 heteroatoms. The fraction of sp³-hybridized carbons (Fsp3) is 0.125. The number of nitrogens with two attached hydrogens (primary N) is 1. The van der Waals surface area contributed by atoms with Gasteiger partial charge < -0.3 is 11.1 Å². The molecule has 0 aliphatic heterocycles. The summed E-state index contributed by atoms with van der Waals surface area (Å²) in [6, 6.07) is 8.58. The lowest BCUT2D eigenvalue weighted by Gasteiger charge is -2.16. The highest BCUT2D eigenvalue weighted by molar-refractivity contribution is 9.10. The second kappa shape index (κ2) is 7.32. The predicted molar refractivity (Wildman–Crippen MR) is 84.7 cm³/mol. The van der Waals surface area contributed by atoms with E-state index in [9.17, 15) is 18.4 Å². The van der Waals surface area contributed by atoms with Crippen LogP contribution in [-0.2, 0) is 11.2 Å². The number of amides is 2. The molecule has 2 rings (SSSR count). The van der Waals surface area contributed by atoms with E-state index in [2.05, 4.69) is 21.2 Å². The minimum Gasteiger partial charge on any atom is -0.368 e. The lowest BCUT2D eigenvalue weighted by atomic mass is 10.0. The molecule has 0 radical (unpaired) electrons. The molecule has 0 bridgehead atoms. The Morgan fingerprint density at radius 2 is 1.78 bits per heavy atom. The number of carbonyl (C=O) groups is 2. The maximum absolute atomic E-state index is 13.2. The Kier molecular flexibility index (Phi) is 5.44. The van der Waals surface area contributed by atoms with E-state index in [-0.39, 0.29) is 12.0 Å². The third-order valence-corrected chi connectivity index (χ3v) is 3.60. The molecule has 0 spiro atoms. The second-order valence-electron chi connectivity index (χ2n) is 4.92. The third-order valence-electron chi connectivity index (χ3n) is 3.10. The molecular weight excluding hydrogens is 370 g/mol. The van der Waals surface area contributed by atoms with E-state index >= 15 is 0 Å². The van der Waals surface area contributed by atoms with E-state index in [1.54, 1.807) is 18.2 Å². The molecule has 2 aromatic carbocycles. The van der Waals surface area contributed by atoms with E-state index in [1.165, 1.54) is 0 Å². The second-order valence-corrected chi connectivity index (χ2v) is 5.84. The zero-order valence-electron chi connectivity index (χ0n) is 11.9. The van der Waals surface area contributed by atoms with Crippen molar-refractivity contribution >= 4 is 27.7 Å². The Morgan fingerprint density at radius 3 is 2.35 bits per heavy atom. The van der Waals surface area contributed by atoms with E-state index in [0.29, 0.717) is 6.07 Å². The largest absolute Gasteiger partial charge is 0.368 e. The summed E-state index contributed by atoms with van der Waals surface area (Å²) in [5.41, 5.74) is 5.85. The van der Waals surface area contributed by atoms with Gasteiger partial charge in [-0.25, -0.2) is 8.78 Å². The summed E-state index contributed by atoms with van der Waals surface area (Å²) in [5.74, 6) is -3.27. The predicted octanol–water partition coefficient (Wildman–Crippen LogP) is 2.55. The van der Waals surface area contributed by atoms with Crippen LogP contribution < -0.4 is 11.1 Å². The number of rotatable bonds is 5. The Morgan fingerprint density at radius 1 is 1.13 bits per heavy atom. The van der Waals surface area contributed by atoms with Crippen LogP contribution in [0.2, 0.25) is 0 Å². The van der Waals surface area contributed by atoms with Crippen molar-refractivity contribution in [1.29, 1.82) is 0 Å². The SMILES string of the molecule is NC(=O)[C@H](Cc1cccc(Br)c1)NC(=O)c1cc(F)cc(F)c1. The van der Waals surface area contributed by atoms with Crippen LogP contribution in [0.5, 0.6) is 0 Å². The molecule has 2 amide bonds. The van der Waals surface area contributed by atoms with Crippen LogP contribution in [0.15, 0.2) is 46.9 Å². The molecule has 3 N–H and O–H groups in total. The van der Waals surface area contributed by atoms with Crippen molar-refractivity contribution in [3.8, 4) is 0 Å². The first kappa shape index (κ1) is 17.1. The summed E-state index contributed by atoms with van der Waals surface area (Å²) in [6.07, 6.45) is 0.165. The molecule has 0 fully saturated rings. The lowest BCUT2D eigenvalue weighted by molar-refractivity contribution is -0.119. The topological polar surface area (TPSA) is 72.2 Å². The molecule has 0 saturated carbocycles. The van der Waals surface area contributed by atoms with Gasteiger partial charge in [0.05, 0.1) is 0 Å². The van der Waals surface area contributed by atoms with Gasteiger partial charge in [0.25, 0.3) is 5.91 Å². The van der Waals surface area contributed by atoms with Gasteiger partial charge in [-0.1, -0.05) is 28.1 Å². The van der Waals surface area contributed by atoms with Crippen LogP contribution in [0.4, 0.5) is 8.78 Å². The highest BCUT2D eigenvalue weighted by atomic mass is 79.9. The summed E-state index contributed by atoms with van der Waals surface area (Å²) >= 11 is 3.31. The summed E-state index contributed by atoms with van der Waals surface area (Å²) in [6.45, 7) is 0. The van der Waals surface area contributed by atoms with E-state index < -0.39 is 29.5 Å². The molecule has 4 nitrogen and oxygen atoms in total. The van der Waals surface area contributed by atoms with Gasteiger partial charge in [0.1, 0.15) is 17.7 Å². The van der Waals surface area contributed by atoms with Crippen molar-refractivity contribution in [2.24, 2.45) is 5.73 Å². The van der Waals surface area contributed by atoms with Gasteiger partial charge in [0.15, 0.2) is 0 Å². The minimum atomic E-state index is -0.997. The summed E-state index contributed by atoms with van der Waals surface area (Å²) in [7, 11) is 0. The molecule has 120 valence electrons. The van der Waals surface area contributed by atoms with Crippen LogP contribution >= 0.6 is 15.9 Å². The first-order valence-corrected chi connectivity index (χ1v) is 7.45. The molecule has 0 unspecified atom stereocenters. The first-order valence-electron chi connectivity index (χ1n) is 6.66. The van der Waals surface area contributed by atoms with E-state index in [0.717, 1.165) is 22.2 Å². The van der Waals surface area contributed by atoms with Gasteiger partial charge in [-0.2, -0.15) is 0 Å². The molecule has 1 atom stereocenters. The van der Waals surface area contributed by atoms with Gasteiger partial charge in [-0.3, -0.25) is 9.59 Å². The van der Waals surface area contributed by atoms with E-state index in [4.69, 9.17) is 5.73 Å². The number of primary amides is 1. The Balaban J connectivity index is 2.15. The smallest absolute Gasteiger partial charge is 0.252 e. The molecule has 2 aromatic rings. The number of hydrogen-bond acceptors (Lipinski definition) is 2. The zero-order chi connectivity index (χ0) is 17.0. The monoisotopic (exact) mass is 382 g/mol. The summed E-state index contributed by atoms with van der Waals surface area (Å²) < 4.78 is 27.1. The maximum Gasteiger partial charge on any atom is 0.252 e. The molecule has 0 aromatic heterocycles. The minimum absolute atomic E-state index is 0.165. The normalized spacial score (nSPS) is 11.8. The van der Waals surface area contributed by atoms with E-state index in [1.807, 2.05) is 6.07 Å². The average molecular weight is 383 g/mol. The number of benzene rings is 2. The van der Waals surface area contributed by atoms with Gasteiger partial charge in [0, 0.05) is 22.5 Å². The van der Waals surface area contributed by atoms with Gasteiger partial charge in [-0.15, -0.1) is 0 Å². The molecule has 0 saturated heterocycles. The lowest BCUT2D eigenvalue weighted by Crippen LogP contribution is -2.45. The number of hydrogen-bond donors (Lipinski definition) is 2. The highest BCUT2D eigenvalue weighted by Gasteiger charge is 2.20. The van der Waals surface area contributed by atoms with Crippen molar-refractivity contribution in [3.05, 3.63) is 69.7 Å². The van der Waals surface area contributed by atoms with Gasteiger partial charge >= 0.3 is 0 Å². The van der Waals surface area contributed by atoms with Crippen molar-refractivity contribution in [3.63, 3.8) is 0 Å². The zero-order valence-corrected chi connectivity index (χ0v) is 13.4. The van der Waals surface area contributed by atoms with Crippen LogP contribution in [0.1, 0.15) is 15.9 Å². The molecule has 23 heavy (non-hydrogen) atoms. The average Bonchev–Trinajstić information content (AvgIpc) is 2.45. The molecule has 0 heterocycles. The summed E-state index contributed by atoms with van der Waals surface area (Å²) in [5, 5.41) is 2.39. The van der Waals surface area contributed by atoms with Crippen LogP contribution in [0.25, 0.3) is 0 Å². The molecular formula is C16H13BrF2N2O2. The Bertz CT molecular complexity index is 732. The van der Waals surface area contributed by atoms with Crippen molar-refractivity contribution in [2.75, 3.05) is 0 Å². The Labute approximate surface area is 139 Å². The van der Waals surface area contributed by atoms with Crippen molar-refractivity contribution in [2.45, 2.75) is 12.5 Å². The van der Waals surface area contributed by atoms with Gasteiger partial charge in [0.2, 0.25) is 5.91 Å². The Hall–Kier alpha value is -2.28. The molecule has 0 aliphatic rings. The fourth-order valence-corrected chi connectivity index (χ4v) is 2.50. The number of nitrogens with one attached hydrogen (secondary N) is 1. The number of carbonyl (C=O) groups excluding carboxylic acids is 2. The van der Waals surface area contributed by atoms with Crippen molar-refractivity contribution in [1.82, 2.24) is 5.32 Å². The first-order chi connectivity index (χ1) is 10.8. The van der Waals surface area contributed by atoms with Crippen LogP contribution in [0, 0.1) is 11.6 Å². The standard InChI is InChI=1S/C16H13BrF2N2O2/c17-11-3-1-2-9(4-11)5-14(15(20)22)21-16(23)10-6-12(18)8-13(19)7-10/h1-4,6-8,14H,5H2,(H2,20,22)(H,21,23)/t14-/m0/s1. The van der Waals surface area contributed by atoms with Crippen molar-refractivity contribution < 1.29 is 18.4 Å². The maximum atomic E-state index is 13.2. The van der Waals surface area contributed by atoms with Crippen LogP contribution in [-0.4, -0.2) is 17.9 Å². The molecule has 0 aliphatic carbocycles. The number of halogens is 3. The fourth-order valence-electron chi connectivity index (χ4n) is 2.05. The third kappa shape index (κ3) is 4.85. The van der Waals surface area contributed by atoms with Crippen LogP contribution in [0.3, 0.4) is 0 Å². The quantitative estimate of drug-likeness (QED) is 0.833. The summed E-state index contributed by atoms with van der Waals surface area (Å²) in [4.78, 5) is 23.6.